The van der Waals surface area contributed by atoms with Crippen molar-refractivity contribution in [2.24, 2.45) is 0 Å². The number of para-hydroxylation sites is 1. The second-order valence-electron chi connectivity index (χ2n) is 5.32. The minimum Gasteiger partial charge on any atom is -0.460 e. The molecule has 5 nitrogen and oxygen atoms in total. The number of carbonyl (C=O) groups excluding carboxylic acids is 1. The Balaban J connectivity index is 1.80. The molecule has 3 rings (SSSR count). The number of anilines is 1. The van der Waals surface area contributed by atoms with Crippen LogP contribution in [0.4, 0.5) is 5.69 Å². The van der Waals surface area contributed by atoms with Crippen molar-refractivity contribution >= 4 is 40.0 Å². The fourth-order valence-electron chi connectivity index (χ4n) is 2.45. The number of hydrogen-bond donors (Lipinski definition) is 2. The van der Waals surface area contributed by atoms with Gasteiger partial charge in [0.25, 0.3) is 0 Å². The summed E-state index contributed by atoms with van der Waals surface area (Å²) in [5.41, 5.74) is 2.22. The number of furan rings is 1. The minimum atomic E-state index is -0.521. The molecule has 0 aliphatic heterocycles. The molecule has 1 heterocycles. The van der Waals surface area contributed by atoms with Crippen molar-refractivity contribution in [3.05, 3.63) is 65.9 Å². The molecule has 1 aromatic heterocycles. The fraction of sp³-hybridized carbons (Fsp3) is 0.158. The summed E-state index contributed by atoms with van der Waals surface area (Å²) in [6, 6.07) is 17.3. The molecular weight excluding hydrogens is 336 g/mol. The molecule has 0 aliphatic rings. The van der Waals surface area contributed by atoms with E-state index in [1.165, 1.54) is 0 Å². The summed E-state index contributed by atoms with van der Waals surface area (Å²) in [6.45, 7) is 2.60. The van der Waals surface area contributed by atoms with Crippen LogP contribution in [0.25, 0.3) is 11.0 Å². The number of thiocarbonyl (C=S) groups is 1. The maximum Gasteiger partial charge on any atom is 0.376 e. The quantitative estimate of drug-likeness (QED) is 0.531. The van der Waals surface area contributed by atoms with Crippen molar-refractivity contribution in [2.45, 2.75) is 13.5 Å². The molecule has 3 aromatic rings. The molecule has 0 unspecified atom stereocenters. The SMILES string of the molecule is CCOC(=O)c1oc2ccccc2c1NC(=S)NCc1ccccc1. The maximum absolute atomic E-state index is 12.2. The number of rotatable bonds is 5. The highest BCUT2D eigenvalue weighted by Crippen LogP contribution is 2.31. The molecular formula is C19H18N2O3S. The van der Waals surface area contributed by atoms with Gasteiger partial charge in [-0.2, -0.15) is 0 Å². The van der Waals surface area contributed by atoms with Crippen LogP contribution in [0.15, 0.2) is 59.0 Å². The van der Waals surface area contributed by atoms with Crippen LogP contribution >= 0.6 is 12.2 Å². The van der Waals surface area contributed by atoms with E-state index in [1.807, 2.05) is 48.5 Å². The predicted molar refractivity (Wildman–Crippen MR) is 102 cm³/mol. The van der Waals surface area contributed by atoms with Crippen molar-refractivity contribution in [1.29, 1.82) is 0 Å². The highest BCUT2D eigenvalue weighted by atomic mass is 32.1. The summed E-state index contributed by atoms with van der Waals surface area (Å²) in [5.74, 6) is -0.404. The molecule has 128 valence electrons. The van der Waals surface area contributed by atoms with Gasteiger partial charge in [-0.25, -0.2) is 4.79 Å². The largest absolute Gasteiger partial charge is 0.460 e. The van der Waals surface area contributed by atoms with E-state index in [-0.39, 0.29) is 12.4 Å². The van der Waals surface area contributed by atoms with E-state index in [4.69, 9.17) is 21.4 Å². The summed E-state index contributed by atoms with van der Waals surface area (Å²) in [6.07, 6.45) is 0. The summed E-state index contributed by atoms with van der Waals surface area (Å²) in [7, 11) is 0. The van der Waals surface area contributed by atoms with Gasteiger partial charge >= 0.3 is 5.97 Å². The number of hydrogen-bond acceptors (Lipinski definition) is 4. The lowest BCUT2D eigenvalue weighted by molar-refractivity contribution is 0.0494. The average molecular weight is 354 g/mol. The molecule has 0 atom stereocenters. The van der Waals surface area contributed by atoms with Crippen molar-refractivity contribution in [2.75, 3.05) is 11.9 Å². The van der Waals surface area contributed by atoms with Crippen LogP contribution in [0, 0.1) is 0 Å². The molecule has 0 saturated heterocycles. The Morgan fingerprint density at radius 1 is 1.12 bits per heavy atom. The van der Waals surface area contributed by atoms with E-state index >= 15 is 0 Å². The Morgan fingerprint density at radius 2 is 1.84 bits per heavy atom. The number of benzene rings is 2. The van der Waals surface area contributed by atoms with Crippen LogP contribution in [-0.4, -0.2) is 17.7 Å². The molecule has 2 N–H and O–H groups in total. The highest BCUT2D eigenvalue weighted by Gasteiger charge is 2.22. The molecule has 0 aliphatic carbocycles. The van der Waals surface area contributed by atoms with Crippen LogP contribution < -0.4 is 10.6 Å². The van der Waals surface area contributed by atoms with E-state index in [1.54, 1.807) is 13.0 Å². The zero-order valence-corrected chi connectivity index (χ0v) is 14.6. The lowest BCUT2D eigenvalue weighted by atomic mass is 10.2. The van der Waals surface area contributed by atoms with Gasteiger partial charge in [0.05, 0.1) is 6.61 Å². The summed E-state index contributed by atoms with van der Waals surface area (Å²) in [5, 5.41) is 7.37. The second-order valence-corrected chi connectivity index (χ2v) is 5.72. The molecule has 0 bridgehead atoms. The van der Waals surface area contributed by atoms with E-state index < -0.39 is 5.97 Å². The van der Waals surface area contributed by atoms with Gasteiger partial charge in [0, 0.05) is 11.9 Å². The van der Waals surface area contributed by atoms with Gasteiger partial charge in [-0.1, -0.05) is 42.5 Å². The summed E-state index contributed by atoms with van der Waals surface area (Å²) >= 11 is 5.36. The molecule has 0 radical (unpaired) electrons. The average Bonchev–Trinajstić information content (AvgIpc) is 3.00. The van der Waals surface area contributed by atoms with E-state index in [2.05, 4.69) is 10.6 Å². The first-order valence-electron chi connectivity index (χ1n) is 7.96. The van der Waals surface area contributed by atoms with Crippen molar-refractivity contribution in [3.63, 3.8) is 0 Å². The zero-order chi connectivity index (χ0) is 17.6. The van der Waals surface area contributed by atoms with Gasteiger partial charge in [0.1, 0.15) is 11.3 Å². The smallest absolute Gasteiger partial charge is 0.376 e. The topological polar surface area (TPSA) is 63.5 Å². The number of esters is 1. The summed E-state index contributed by atoms with van der Waals surface area (Å²) < 4.78 is 10.7. The molecule has 0 amide bonds. The van der Waals surface area contributed by atoms with E-state index in [9.17, 15) is 4.79 Å². The van der Waals surface area contributed by atoms with Crippen molar-refractivity contribution in [3.8, 4) is 0 Å². The van der Waals surface area contributed by atoms with Crippen molar-refractivity contribution < 1.29 is 13.9 Å². The third-order valence-electron chi connectivity index (χ3n) is 3.59. The Morgan fingerprint density at radius 3 is 2.60 bits per heavy atom. The lowest BCUT2D eigenvalue weighted by Crippen LogP contribution is -2.28. The number of nitrogens with one attached hydrogen (secondary N) is 2. The first-order chi connectivity index (χ1) is 12.2. The standard InChI is InChI=1S/C19H18N2O3S/c1-2-23-18(22)17-16(14-10-6-7-11-15(14)24-17)21-19(25)20-12-13-8-4-3-5-9-13/h3-11H,2,12H2,1H3,(H2,20,21,25). The van der Waals surface area contributed by atoms with Crippen LogP contribution in [0.3, 0.4) is 0 Å². The normalized spacial score (nSPS) is 10.4. The Kier molecular flexibility index (Phi) is 5.30. The lowest BCUT2D eigenvalue weighted by Gasteiger charge is -2.11. The van der Waals surface area contributed by atoms with Gasteiger partial charge in [-0.05, 0) is 36.8 Å². The number of carbonyl (C=O) groups is 1. The first-order valence-corrected chi connectivity index (χ1v) is 8.37. The molecule has 6 heteroatoms. The number of fused-ring (bicyclic) bond motifs is 1. The zero-order valence-electron chi connectivity index (χ0n) is 13.7. The minimum absolute atomic E-state index is 0.118. The fourth-order valence-corrected chi connectivity index (χ4v) is 2.62. The molecule has 0 spiro atoms. The highest BCUT2D eigenvalue weighted by molar-refractivity contribution is 7.80. The molecule has 2 aromatic carbocycles. The third-order valence-corrected chi connectivity index (χ3v) is 3.84. The second kappa shape index (κ2) is 7.81. The monoisotopic (exact) mass is 354 g/mol. The van der Waals surface area contributed by atoms with Crippen LogP contribution in [0.2, 0.25) is 0 Å². The van der Waals surface area contributed by atoms with Gasteiger partial charge in [0.2, 0.25) is 5.76 Å². The van der Waals surface area contributed by atoms with Crippen LogP contribution in [0.5, 0.6) is 0 Å². The Hall–Kier alpha value is -2.86. The molecule has 0 fully saturated rings. The molecule has 0 saturated carbocycles. The van der Waals surface area contributed by atoms with E-state index in [0.717, 1.165) is 10.9 Å². The Labute approximate surface area is 151 Å². The Bertz CT molecular complexity index is 890. The first kappa shape index (κ1) is 17.0. The van der Waals surface area contributed by atoms with Crippen molar-refractivity contribution in [1.82, 2.24) is 5.32 Å². The molecule has 25 heavy (non-hydrogen) atoms. The van der Waals surface area contributed by atoms with Gasteiger partial charge in [-0.3, -0.25) is 0 Å². The van der Waals surface area contributed by atoms with Gasteiger partial charge < -0.3 is 19.8 Å². The van der Waals surface area contributed by atoms with Crippen LogP contribution in [-0.2, 0) is 11.3 Å². The third kappa shape index (κ3) is 3.97. The van der Waals surface area contributed by atoms with E-state index in [0.29, 0.717) is 22.9 Å². The van der Waals surface area contributed by atoms with Crippen LogP contribution in [0.1, 0.15) is 23.0 Å². The number of ether oxygens (including phenoxy) is 1. The summed E-state index contributed by atoms with van der Waals surface area (Å²) in [4.78, 5) is 12.2. The van der Waals surface area contributed by atoms with Gasteiger partial charge in [0.15, 0.2) is 5.11 Å². The van der Waals surface area contributed by atoms with Gasteiger partial charge in [-0.15, -0.1) is 0 Å². The maximum atomic E-state index is 12.2. The predicted octanol–water partition coefficient (Wildman–Crippen LogP) is 4.10.